The van der Waals surface area contributed by atoms with Crippen molar-refractivity contribution in [2.75, 3.05) is 14.2 Å². The Balaban J connectivity index is 2.83. The Morgan fingerprint density at radius 1 is 1.35 bits per heavy atom. The summed E-state index contributed by atoms with van der Waals surface area (Å²) >= 11 is 0. The Hall–Kier alpha value is -1.00. The first-order chi connectivity index (χ1) is 8.13. The predicted octanol–water partition coefficient (Wildman–Crippen LogP) is 2.52. The van der Waals surface area contributed by atoms with Gasteiger partial charge in [-0.25, -0.2) is 8.78 Å². The largest absolute Gasteiger partial charge is 0.380 e. The normalized spacial score (nSPS) is 14.6. The number of rotatable bonds is 6. The van der Waals surface area contributed by atoms with E-state index in [2.05, 4.69) is 5.32 Å². The van der Waals surface area contributed by atoms with Crippen molar-refractivity contribution in [3.63, 3.8) is 0 Å². The Morgan fingerprint density at radius 3 is 2.59 bits per heavy atom. The van der Waals surface area contributed by atoms with E-state index in [4.69, 9.17) is 4.74 Å². The molecule has 0 aliphatic carbocycles. The Bertz CT molecular complexity index is 353. The molecule has 0 aliphatic rings. The highest BCUT2D eigenvalue weighted by Gasteiger charge is 2.20. The highest BCUT2D eigenvalue weighted by Crippen LogP contribution is 2.16. The van der Waals surface area contributed by atoms with Gasteiger partial charge < -0.3 is 10.1 Å². The molecule has 1 rings (SSSR count). The summed E-state index contributed by atoms with van der Waals surface area (Å²) in [6.07, 6.45) is 1.22. The SMILES string of the molecule is CCC(OC)C(Cc1cccc(F)c1F)NC. The zero-order valence-electron chi connectivity index (χ0n) is 10.5. The minimum Gasteiger partial charge on any atom is -0.380 e. The second-order valence-corrected chi connectivity index (χ2v) is 3.99. The van der Waals surface area contributed by atoms with Gasteiger partial charge in [0, 0.05) is 13.2 Å². The number of nitrogens with one attached hydrogen (secondary N) is 1. The van der Waals surface area contributed by atoms with Gasteiger partial charge in [-0.15, -0.1) is 0 Å². The molecule has 0 aliphatic heterocycles. The highest BCUT2D eigenvalue weighted by molar-refractivity contribution is 5.20. The maximum Gasteiger partial charge on any atom is 0.162 e. The van der Waals surface area contributed by atoms with Gasteiger partial charge in [0.25, 0.3) is 0 Å². The van der Waals surface area contributed by atoms with Crippen LogP contribution in [0.3, 0.4) is 0 Å². The lowest BCUT2D eigenvalue weighted by Crippen LogP contribution is -2.40. The van der Waals surface area contributed by atoms with E-state index in [9.17, 15) is 8.78 Å². The minimum atomic E-state index is -0.803. The number of halogens is 2. The summed E-state index contributed by atoms with van der Waals surface area (Å²) in [4.78, 5) is 0. The van der Waals surface area contributed by atoms with Crippen LogP contribution in [0.5, 0.6) is 0 Å². The molecule has 0 saturated heterocycles. The van der Waals surface area contributed by atoms with E-state index in [-0.39, 0.29) is 12.1 Å². The molecule has 4 heteroatoms. The van der Waals surface area contributed by atoms with Crippen LogP contribution in [-0.4, -0.2) is 26.3 Å². The lowest BCUT2D eigenvalue weighted by Gasteiger charge is -2.25. The van der Waals surface area contributed by atoms with Crippen molar-refractivity contribution in [2.24, 2.45) is 0 Å². The fraction of sp³-hybridized carbons (Fsp3) is 0.538. The molecular weight excluding hydrogens is 224 g/mol. The fourth-order valence-electron chi connectivity index (χ4n) is 1.98. The van der Waals surface area contributed by atoms with Crippen LogP contribution in [0.25, 0.3) is 0 Å². The number of benzene rings is 1. The molecular formula is C13H19F2NO. The van der Waals surface area contributed by atoms with E-state index in [1.54, 1.807) is 20.2 Å². The van der Waals surface area contributed by atoms with E-state index < -0.39 is 11.6 Å². The fourth-order valence-corrected chi connectivity index (χ4v) is 1.98. The maximum absolute atomic E-state index is 13.5. The molecule has 0 amide bonds. The summed E-state index contributed by atoms with van der Waals surface area (Å²) in [6, 6.07) is 4.22. The van der Waals surface area contributed by atoms with E-state index in [1.807, 2.05) is 6.92 Å². The molecule has 1 aromatic rings. The summed E-state index contributed by atoms with van der Waals surface area (Å²) in [5.41, 5.74) is 0.375. The van der Waals surface area contributed by atoms with Crippen molar-refractivity contribution in [3.05, 3.63) is 35.4 Å². The molecule has 2 atom stereocenters. The summed E-state index contributed by atoms with van der Waals surface area (Å²) < 4.78 is 31.9. The van der Waals surface area contributed by atoms with E-state index in [0.717, 1.165) is 12.5 Å². The summed E-state index contributed by atoms with van der Waals surface area (Å²) in [5.74, 6) is -1.57. The molecule has 0 heterocycles. The minimum absolute atomic E-state index is 0.0114. The van der Waals surface area contributed by atoms with Gasteiger partial charge in [0.15, 0.2) is 11.6 Å². The zero-order valence-corrected chi connectivity index (χ0v) is 10.5. The first-order valence-electron chi connectivity index (χ1n) is 5.77. The predicted molar refractivity (Wildman–Crippen MR) is 64.0 cm³/mol. The van der Waals surface area contributed by atoms with Crippen LogP contribution in [0.2, 0.25) is 0 Å². The molecule has 96 valence electrons. The van der Waals surface area contributed by atoms with Gasteiger partial charge in [-0.2, -0.15) is 0 Å². The Morgan fingerprint density at radius 2 is 2.06 bits per heavy atom. The van der Waals surface area contributed by atoms with Crippen molar-refractivity contribution in [3.8, 4) is 0 Å². The lowest BCUT2D eigenvalue weighted by atomic mass is 9.99. The van der Waals surface area contributed by atoms with Crippen LogP contribution in [-0.2, 0) is 11.2 Å². The quantitative estimate of drug-likeness (QED) is 0.829. The lowest BCUT2D eigenvalue weighted by molar-refractivity contribution is 0.0675. The molecule has 2 nitrogen and oxygen atoms in total. The first kappa shape index (κ1) is 14.1. The van der Waals surface area contributed by atoms with Gasteiger partial charge in [0.1, 0.15) is 0 Å². The molecule has 0 saturated carbocycles. The van der Waals surface area contributed by atoms with Crippen molar-refractivity contribution in [1.29, 1.82) is 0 Å². The first-order valence-corrected chi connectivity index (χ1v) is 5.77. The second kappa shape index (κ2) is 6.67. The number of methoxy groups -OCH3 is 1. The third kappa shape index (κ3) is 3.48. The van der Waals surface area contributed by atoms with Crippen LogP contribution < -0.4 is 5.32 Å². The van der Waals surface area contributed by atoms with Crippen LogP contribution in [0, 0.1) is 11.6 Å². The van der Waals surface area contributed by atoms with Gasteiger partial charge in [-0.3, -0.25) is 0 Å². The number of ether oxygens (including phenoxy) is 1. The molecule has 1 N–H and O–H groups in total. The van der Waals surface area contributed by atoms with E-state index >= 15 is 0 Å². The Kier molecular flexibility index (Phi) is 5.51. The third-order valence-electron chi connectivity index (χ3n) is 3.00. The molecule has 0 spiro atoms. The van der Waals surface area contributed by atoms with Crippen LogP contribution in [0.4, 0.5) is 8.78 Å². The van der Waals surface area contributed by atoms with E-state index in [0.29, 0.717) is 12.0 Å². The monoisotopic (exact) mass is 243 g/mol. The van der Waals surface area contributed by atoms with Gasteiger partial charge in [0.05, 0.1) is 6.10 Å². The standard InChI is InChI=1S/C13H19F2NO/c1-4-12(17-3)11(16-2)8-9-6-5-7-10(14)13(9)15/h5-7,11-12,16H,4,8H2,1-3H3. The van der Waals surface area contributed by atoms with Crippen LogP contribution in [0.15, 0.2) is 18.2 Å². The highest BCUT2D eigenvalue weighted by atomic mass is 19.2. The van der Waals surface area contributed by atoms with Crippen molar-refractivity contribution >= 4 is 0 Å². The average Bonchev–Trinajstić information content (AvgIpc) is 2.34. The molecule has 0 radical (unpaired) electrons. The van der Waals surface area contributed by atoms with Crippen molar-refractivity contribution in [1.82, 2.24) is 5.32 Å². The maximum atomic E-state index is 13.5. The van der Waals surface area contributed by atoms with Crippen LogP contribution >= 0.6 is 0 Å². The third-order valence-corrected chi connectivity index (χ3v) is 3.00. The number of likely N-dealkylation sites (N-methyl/N-ethyl adjacent to an activating group) is 1. The van der Waals surface area contributed by atoms with Gasteiger partial charge in [0.2, 0.25) is 0 Å². The number of hydrogen-bond donors (Lipinski definition) is 1. The van der Waals surface area contributed by atoms with E-state index in [1.165, 1.54) is 6.07 Å². The number of hydrogen-bond acceptors (Lipinski definition) is 2. The molecule has 0 aromatic heterocycles. The molecule has 0 bridgehead atoms. The summed E-state index contributed by atoms with van der Waals surface area (Å²) in [7, 11) is 3.42. The van der Waals surface area contributed by atoms with Gasteiger partial charge in [-0.05, 0) is 31.5 Å². The molecule has 17 heavy (non-hydrogen) atoms. The average molecular weight is 243 g/mol. The van der Waals surface area contributed by atoms with Gasteiger partial charge >= 0.3 is 0 Å². The Labute approximate surface area is 101 Å². The second-order valence-electron chi connectivity index (χ2n) is 3.99. The van der Waals surface area contributed by atoms with Gasteiger partial charge in [-0.1, -0.05) is 19.1 Å². The van der Waals surface area contributed by atoms with Crippen molar-refractivity contribution in [2.45, 2.75) is 31.9 Å². The molecule has 1 aromatic carbocycles. The molecule has 0 fully saturated rings. The smallest absolute Gasteiger partial charge is 0.162 e. The topological polar surface area (TPSA) is 21.3 Å². The molecule has 2 unspecified atom stereocenters. The zero-order chi connectivity index (χ0) is 12.8. The van der Waals surface area contributed by atoms with Crippen LogP contribution in [0.1, 0.15) is 18.9 Å². The summed E-state index contributed by atoms with van der Waals surface area (Å²) in [6.45, 7) is 2.00. The summed E-state index contributed by atoms with van der Waals surface area (Å²) in [5, 5.41) is 3.09. The van der Waals surface area contributed by atoms with Crippen molar-refractivity contribution < 1.29 is 13.5 Å².